The van der Waals surface area contributed by atoms with Crippen molar-refractivity contribution in [2.75, 3.05) is 13.2 Å². The van der Waals surface area contributed by atoms with E-state index < -0.39 is 122 Å². The van der Waals surface area contributed by atoms with Gasteiger partial charge < -0.3 is 85.2 Å². The average Bonchev–Trinajstić information content (AvgIpc) is 3.43. The largest absolute Gasteiger partial charge is 0.543 e. The number of allylic oxidation sites excluding steroid dienone is 2. The Kier molecular flexibility index (Phi) is 11.1. The summed E-state index contributed by atoms with van der Waals surface area (Å²) in [5, 5.41) is 116. The van der Waals surface area contributed by atoms with E-state index in [1.807, 2.05) is 0 Å². The van der Waals surface area contributed by atoms with Crippen LogP contribution in [-0.2, 0) is 35.0 Å². The molecule has 2 saturated heterocycles. The molecule has 20 heteroatoms. The van der Waals surface area contributed by atoms with E-state index in [1.165, 1.54) is 35.1 Å². The third-order valence-electron chi connectivity index (χ3n) is 8.74. The molecule has 20 nitrogen and oxygen atoms in total. The Morgan fingerprint density at radius 3 is 2.16 bits per heavy atom. The highest BCUT2D eigenvalue weighted by Crippen LogP contribution is 2.41. The Balaban J connectivity index is 1.48. The van der Waals surface area contributed by atoms with Gasteiger partial charge in [-0.25, -0.2) is 9.59 Å². The van der Waals surface area contributed by atoms with E-state index in [0.29, 0.717) is 0 Å². The van der Waals surface area contributed by atoms with Crippen LogP contribution in [0.3, 0.4) is 0 Å². The molecule has 0 spiro atoms. The number of carboxylic acid groups (broad SMARTS) is 3. The smallest absolute Gasteiger partial charge is 0.351 e. The lowest BCUT2D eigenvalue weighted by Gasteiger charge is -2.45. The van der Waals surface area contributed by atoms with Crippen LogP contribution in [0.25, 0.3) is 0 Å². The van der Waals surface area contributed by atoms with Crippen molar-refractivity contribution >= 4 is 29.8 Å². The zero-order chi connectivity index (χ0) is 36.6. The Morgan fingerprint density at radius 1 is 0.920 bits per heavy atom. The Hall–Kier alpha value is -4.22. The molecular weight excluding hydrogens is 676 g/mol. The molecule has 0 unspecified atom stereocenters. The number of hydrogen-bond acceptors (Lipinski definition) is 17. The van der Waals surface area contributed by atoms with E-state index in [1.54, 1.807) is 0 Å². The number of ether oxygens (including phenoxy) is 4. The molecular formula is C30H36N2O18. The van der Waals surface area contributed by atoms with Gasteiger partial charge >= 0.3 is 11.9 Å². The minimum absolute atomic E-state index is 0.136. The van der Waals surface area contributed by atoms with Gasteiger partial charge in [0, 0.05) is 24.5 Å². The first-order chi connectivity index (χ1) is 23.6. The number of aliphatic hydroxyl groups is 7. The van der Waals surface area contributed by atoms with Crippen LogP contribution in [0.5, 0.6) is 11.5 Å². The molecule has 1 aromatic carbocycles. The second-order valence-electron chi connectivity index (χ2n) is 12.0. The maximum atomic E-state index is 12.1. The number of aromatic hydroxyl groups is 1. The summed E-state index contributed by atoms with van der Waals surface area (Å²) in [4.78, 5) is 35.3. The number of fused-ring (bicyclic) bond motifs is 1. The zero-order valence-corrected chi connectivity index (χ0v) is 25.8. The van der Waals surface area contributed by atoms with Crippen LogP contribution in [0, 0.1) is 0 Å². The van der Waals surface area contributed by atoms with Crippen LogP contribution in [-0.4, -0.2) is 166 Å². The number of phenolic OH excluding ortho intramolecular Hbond substituents is 1. The van der Waals surface area contributed by atoms with Crippen LogP contribution in [0.4, 0.5) is 5.69 Å². The summed E-state index contributed by atoms with van der Waals surface area (Å²) in [5.74, 6) is -5.23. The molecule has 2 fully saturated rings. The minimum atomic E-state index is -1.94. The summed E-state index contributed by atoms with van der Waals surface area (Å²) in [6, 6.07) is -0.278. The predicted molar refractivity (Wildman–Crippen MR) is 157 cm³/mol. The molecule has 1 aromatic rings. The number of benzene rings is 1. The second kappa shape index (κ2) is 14.9. The van der Waals surface area contributed by atoms with Crippen molar-refractivity contribution in [3.05, 3.63) is 41.1 Å². The van der Waals surface area contributed by atoms with E-state index in [2.05, 4.69) is 5.32 Å². The average molecular weight is 713 g/mol. The van der Waals surface area contributed by atoms with Crippen molar-refractivity contribution in [3.8, 4) is 11.5 Å². The van der Waals surface area contributed by atoms with Gasteiger partial charge in [0.1, 0.15) is 60.4 Å². The first-order valence-corrected chi connectivity index (χ1v) is 15.2. The monoisotopic (exact) mass is 712 g/mol. The molecule has 4 aliphatic heterocycles. The number of carbonyl (C=O) groups excluding carboxylic acids is 1. The highest BCUT2D eigenvalue weighted by molar-refractivity contribution is 5.89. The fourth-order valence-electron chi connectivity index (χ4n) is 6.04. The van der Waals surface area contributed by atoms with E-state index in [-0.39, 0.29) is 29.7 Å². The van der Waals surface area contributed by atoms with E-state index in [9.17, 15) is 70.6 Å². The molecule has 5 rings (SSSR count). The van der Waals surface area contributed by atoms with Gasteiger partial charge in [-0.05, 0) is 17.7 Å². The molecule has 0 bridgehead atoms. The quantitative estimate of drug-likeness (QED) is 0.101. The molecule has 0 aromatic heterocycles. The molecule has 4 aliphatic rings. The Bertz CT molecular complexity index is 1580. The van der Waals surface area contributed by atoms with Gasteiger partial charge in [0.05, 0.1) is 19.3 Å². The molecule has 0 amide bonds. The molecule has 0 radical (unpaired) electrons. The first kappa shape index (κ1) is 37.0. The predicted octanol–water partition coefficient (Wildman–Crippen LogP) is -5.87. The highest BCUT2D eigenvalue weighted by atomic mass is 16.8. The number of aliphatic carboxylic acids is 3. The van der Waals surface area contributed by atoms with Crippen LogP contribution < -0.4 is 15.2 Å². The van der Waals surface area contributed by atoms with Gasteiger partial charge in [0.15, 0.2) is 30.1 Å². The van der Waals surface area contributed by atoms with Gasteiger partial charge in [-0.1, -0.05) is 0 Å². The van der Waals surface area contributed by atoms with Crippen LogP contribution in [0.1, 0.15) is 12.0 Å². The fourth-order valence-corrected chi connectivity index (χ4v) is 6.04. The number of carbonyl (C=O) groups is 3. The lowest BCUT2D eigenvalue weighted by atomic mass is 9.97. The van der Waals surface area contributed by atoms with Crippen molar-refractivity contribution in [2.24, 2.45) is 0 Å². The summed E-state index contributed by atoms with van der Waals surface area (Å²) in [7, 11) is 0. The maximum Gasteiger partial charge on any atom is 0.351 e. The molecule has 4 heterocycles. The van der Waals surface area contributed by atoms with Gasteiger partial charge in [-0.3, -0.25) is 0 Å². The first-order valence-electron chi connectivity index (χ1n) is 15.2. The topological polar surface area (TPSA) is 329 Å². The van der Waals surface area contributed by atoms with Gasteiger partial charge in [0.2, 0.25) is 18.0 Å². The number of hydrogen-bond donors (Lipinski definition) is 11. The second-order valence-corrected chi connectivity index (χ2v) is 12.0. The molecule has 11 N–H and O–H groups in total. The lowest BCUT2D eigenvalue weighted by molar-refractivity contribution is -0.475. The summed E-state index contributed by atoms with van der Waals surface area (Å²) >= 11 is 0. The van der Waals surface area contributed by atoms with Crippen molar-refractivity contribution in [2.45, 2.75) is 86.3 Å². The number of rotatable bonds is 10. The summed E-state index contributed by atoms with van der Waals surface area (Å²) < 4.78 is 23.6. The van der Waals surface area contributed by atoms with Crippen LogP contribution in [0.2, 0.25) is 0 Å². The van der Waals surface area contributed by atoms with Crippen molar-refractivity contribution < 1.29 is 94.1 Å². The zero-order valence-electron chi connectivity index (χ0n) is 25.8. The van der Waals surface area contributed by atoms with E-state index >= 15 is 0 Å². The molecule has 0 aliphatic carbocycles. The molecule has 274 valence electrons. The maximum absolute atomic E-state index is 12.1. The van der Waals surface area contributed by atoms with Crippen molar-refractivity contribution in [3.63, 3.8) is 0 Å². The van der Waals surface area contributed by atoms with E-state index in [0.717, 1.165) is 0 Å². The molecule has 12 atom stereocenters. The third kappa shape index (κ3) is 7.30. The number of nitrogens with one attached hydrogen (secondary N) is 1. The Labute approximate surface area is 281 Å². The highest BCUT2D eigenvalue weighted by Gasteiger charge is 2.51. The standard InChI is InChI=1S/C30H36N2O18/c33-8-18-20(36)22(38)24(40)29(48-18)50-25-23(39)21(37)19(9-34)49-30(25)47-17-7-14-11(6-16(17)35)5-15(28(45)46)32(14)2-1-10-3-12(26(41)42)31-13(4-10)27(43)44/h1-3,6-7,13,15,18-25,29-30,33-34,36-40H,4-5,8-9H2,(H4,35,41,42,43,44,45,46)/t13-,15+,18-,19-,20-,21-,22-,23-,24-,25-,29+,30-/m1/s1. The summed E-state index contributed by atoms with van der Waals surface area (Å²) in [6.07, 6.45) is -14.1. The van der Waals surface area contributed by atoms with E-state index in [4.69, 9.17) is 18.9 Å². The van der Waals surface area contributed by atoms with Gasteiger partial charge in [-0.2, -0.15) is 4.58 Å². The SMILES string of the molecule is O=C(O)C1=C/C(=C/C=[N+]2c3cc(O[C@@H]4O[C@H](CO)[C@@H](O)[C@@H](O)[C@H]4O[C@@H]4O[C@H](CO)[C@@H](O)[C@@H](O)[C@H]4O)c(O)cc3C[C@H]2C(=O)[O-])C[C@H](C(=O)O)N1. The van der Waals surface area contributed by atoms with Crippen molar-refractivity contribution in [1.82, 2.24) is 5.32 Å². The lowest BCUT2D eigenvalue weighted by Crippen LogP contribution is -2.65. The fraction of sp³-hybridized carbons (Fsp3) is 0.533. The number of carboxylic acids is 3. The molecule has 50 heavy (non-hydrogen) atoms. The Morgan fingerprint density at radius 2 is 1.56 bits per heavy atom. The van der Waals surface area contributed by atoms with Gasteiger partial charge in [-0.15, -0.1) is 0 Å². The number of aliphatic hydroxyl groups excluding tert-OH is 7. The number of phenols is 1. The van der Waals surface area contributed by atoms with Gasteiger partial charge in [0.25, 0.3) is 0 Å². The van der Waals surface area contributed by atoms with Crippen LogP contribution in [0.15, 0.2) is 35.6 Å². The number of nitrogens with zero attached hydrogens (tertiary/aromatic N) is 1. The molecule has 0 saturated carbocycles. The third-order valence-corrected chi connectivity index (χ3v) is 8.74. The minimum Gasteiger partial charge on any atom is -0.543 e. The van der Waals surface area contributed by atoms with Crippen molar-refractivity contribution in [1.29, 1.82) is 0 Å². The summed E-state index contributed by atoms with van der Waals surface area (Å²) in [6.45, 7) is -1.64. The van der Waals surface area contributed by atoms with Crippen LogP contribution >= 0.6 is 0 Å². The normalized spacial score (nSPS) is 37.1. The summed E-state index contributed by atoms with van der Waals surface area (Å²) in [5.41, 5.74) is 0.248.